The number of allylic oxidation sites excluding steroid dienone is 1. The number of methoxy groups -OCH3 is 2. The average Bonchev–Trinajstić information content (AvgIpc) is 3.22. The Morgan fingerprint density at radius 1 is 1.00 bits per heavy atom. The summed E-state index contributed by atoms with van der Waals surface area (Å²) < 4.78 is 21.8. The van der Waals surface area contributed by atoms with Crippen LogP contribution in [0, 0.1) is 0 Å². The van der Waals surface area contributed by atoms with Crippen molar-refractivity contribution in [2.45, 2.75) is 12.5 Å². The highest BCUT2D eigenvalue weighted by Crippen LogP contribution is 2.36. The van der Waals surface area contributed by atoms with Crippen molar-refractivity contribution in [2.24, 2.45) is 0 Å². The van der Waals surface area contributed by atoms with E-state index in [0.717, 1.165) is 5.56 Å². The third-order valence-corrected chi connectivity index (χ3v) is 5.65. The molecule has 9 nitrogen and oxygen atoms in total. The lowest BCUT2D eigenvalue weighted by atomic mass is 10.1. The van der Waals surface area contributed by atoms with E-state index in [4.69, 9.17) is 18.9 Å². The van der Waals surface area contributed by atoms with E-state index in [9.17, 15) is 19.5 Å². The number of carbonyl (C=O) groups excluding carboxylic acids is 2. The summed E-state index contributed by atoms with van der Waals surface area (Å²) in [5, 5.41) is 11.9. The second-order valence-electron chi connectivity index (χ2n) is 8.14. The van der Waals surface area contributed by atoms with Crippen LogP contribution in [-0.2, 0) is 16.0 Å². The van der Waals surface area contributed by atoms with Crippen molar-refractivity contribution in [1.82, 2.24) is 5.32 Å². The molecule has 3 aromatic carbocycles. The molecule has 9 heteroatoms. The van der Waals surface area contributed by atoms with Gasteiger partial charge in [-0.25, -0.2) is 4.79 Å². The van der Waals surface area contributed by atoms with Crippen LogP contribution in [0.25, 0.3) is 6.08 Å². The van der Waals surface area contributed by atoms with Crippen LogP contribution in [0.3, 0.4) is 0 Å². The third-order valence-electron chi connectivity index (χ3n) is 5.65. The Morgan fingerprint density at radius 3 is 2.46 bits per heavy atom. The molecule has 1 atom stereocenters. The Morgan fingerprint density at radius 2 is 1.76 bits per heavy atom. The molecule has 190 valence electrons. The molecule has 3 aromatic rings. The first-order chi connectivity index (χ1) is 17.9. The molecule has 0 unspecified atom stereocenters. The number of carboxylic acid groups (broad SMARTS) is 1. The number of ether oxygens (including phenoxy) is 4. The highest BCUT2D eigenvalue weighted by Gasteiger charge is 2.28. The molecule has 0 bridgehead atoms. The van der Waals surface area contributed by atoms with E-state index in [0.29, 0.717) is 28.4 Å². The van der Waals surface area contributed by atoms with E-state index in [-0.39, 0.29) is 23.7 Å². The number of Topliss-reactive ketones (excluding diaryl/α,β-unsaturated/α-hetero) is 1. The number of benzene rings is 3. The SMILES string of the molecule is COc1ccc(C=C2Oc3cc(OCC(=O)N[C@@H](Cc4ccccc4)C(=O)O)ccc3C2=O)c(OC)c1. The van der Waals surface area contributed by atoms with Crippen LogP contribution in [0.4, 0.5) is 0 Å². The minimum atomic E-state index is -1.14. The van der Waals surface area contributed by atoms with Crippen molar-refractivity contribution < 1.29 is 38.4 Å². The number of aliphatic carboxylic acids is 1. The molecule has 0 saturated heterocycles. The number of rotatable bonds is 10. The van der Waals surface area contributed by atoms with Gasteiger partial charge in [0.1, 0.15) is 29.0 Å². The molecule has 1 aliphatic heterocycles. The molecule has 1 amide bonds. The summed E-state index contributed by atoms with van der Waals surface area (Å²) in [7, 11) is 3.06. The number of ketones is 1. The van der Waals surface area contributed by atoms with Gasteiger partial charge in [-0.2, -0.15) is 0 Å². The number of fused-ring (bicyclic) bond motifs is 1. The average molecular weight is 504 g/mol. The quantitative estimate of drug-likeness (QED) is 0.404. The zero-order valence-electron chi connectivity index (χ0n) is 20.2. The summed E-state index contributed by atoms with van der Waals surface area (Å²) in [6, 6.07) is 17.7. The van der Waals surface area contributed by atoms with E-state index < -0.39 is 24.5 Å². The Labute approximate surface area is 213 Å². The molecule has 1 aliphatic rings. The Hall–Kier alpha value is -4.79. The van der Waals surface area contributed by atoms with Crippen molar-refractivity contribution >= 4 is 23.7 Å². The van der Waals surface area contributed by atoms with E-state index in [1.54, 1.807) is 67.8 Å². The van der Waals surface area contributed by atoms with Crippen LogP contribution in [0.2, 0.25) is 0 Å². The summed E-state index contributed by atoms with van der Waals surface area (Å²) in [6.45, 7) is -0.406. The molecule has 0 aliphatic carbocycles. The minimum Gasteiger partial charge on any atom is -0.497 e. The first kappa shape index (κ1) is 25.3. The molecule has 4 rings (SSSR count). The molecule has 0 fully saturated rings. The lowest BCUT2D eigenvalue weighted by Crippen LogP contribution is -2.44. The number of hydrogen-bond donors (Lipinski definition) is 2. The molecule has 0 radical (unpaired) electrons. The second-order valence-corrected chi connectivity index (χ2v) is 8.14. The van der Waals surface area contributed by atoms with Gasteiger partial charge in [-0.3, -0.25) is 9.59 Å². The van der Waals surface area contributed by atoms with Gasteiger partial charge >= 0.3 is 5.97 Å². The fourth-order valence-corrected chi connectivity index (χ4v) is 3.77. The minimum absolute atomic E-state index is 0.110. The highest BCUT2D eigenvalue weighted by atomic mass is 16.5. The van der Waals surface area contributed by atoms with Crippen LogP contribution < -0.4 is 24.3 Å². The van der Waals surface area contributed by atoms with Crippen LogP contribution in [0.5, 0.6) is 23.0 Å². The first-order valence-corrected chi connectivity index (χ1v) is 11.4. The number of hydrogen-bond acceptors (Lipinski definition) is 7. The molecule has 2 N–H and O–H groups in total. The van der Waals surface area contributed by atoms with Crippen LogP contribution >= 0.6 is 0 Å². The number of nitrogens with one attached hydrogen (secondary N) is 1. The van der Waals surface area contributed by atoms with Gasteiger partial charge in [0.2, 0.25) is 5.78 Å². The largest absolute Gasteiger partial charge is 0.497 e. The molecule has 0 spiro atoms. The van der Waals surface area contributed by atoms with E-state index in [1.807, 2.05) is 6.07 Å². The predicted octanol–water partition coefficient (Wildman–Crippen LogP) is 3.51. The standard InChI is InChI=1S/C28H25NO8/c1-34-19-9-8-18(23(14-19)35-2)13-25-27(31)21-11-10-20(15-24(21)37-25)36-16-26(30)29-22(28(32)33)12-17-6-4-3-5-7-17/h3-11,13-15,22H,12,16H2,1-2H3,(H,29,30)(H,32,33)/t22-/m0/s1. The molecule has 0 aromatic heterocycles. The van der Waals surface area contributed by atoms with Gasteiger partial charge in [-0.1, -0.05) is 30.3 Å². The number of carboxylic acids is 1. The second kappa shape index (κ2) is 11.3. The van der Waals surface area contributed by atoms with Gasteiger partial charge in [0.15, 0.2) is 12.4 Å². The summed E-state index contributed by atoms with van der Waals surface area (Å²) >= 11 is 0. The van der Waals surface area contributed by atoms with Gasteiger partial charge in [0.05, 0.1) is 19.8 Å². The molecular weight excluding hydrogens is 478 g/mol. The van der Waals surface area contributed by atoms with Crippen molar-refractivity contribution in [3.8, 4) is 23.0 Å². The van der Waals surface area contributed by atoms with Crippen LogP contribution in [0.1, 0.15) is 21.5 Å². The maximum atomic E-state index is 12.8. The summed E-state index contributed by atoms with van der Waals surface area (Å²) in [5.41, 5.74) is 1.77. The highest BCUT2D eigenvalue weighted by molar-refractivity contribution is 6.14. The number of amides is 1. The topological polar surface area (TPSA) is 120 Å². The zero-order valence-corrected chi connectivity index (χ0v) is 20.2. The Balaban J connectivity index is 1.40. The van der Waals surface area contributed by atoms with Crippen LogP contribution in [-0.4, -0.2) is 49.6 Å². The zero-order chi connectivity index (χ0) is 26.4. The fraction of sp³-hybridized carbons (Fsp3) is 0.179. The van der Waals surface area contributed by atoms with E-state index in [2.05, 4.69) is 5.32 Å². The molecule has 1 heterocycles. The lowest BCUT2D eigenvalue weighted by Gasteiger charge is -2.15. The first-order valence-electron chi connectivity index (χ1n) is 11.4. The maximum absolute atomic E-state index is 12.8. The van der Waals surface area contributed by atoms with E-state index >= 15 is 0 Å². The van der Waals surface area contributed by atoms with Gasteiger partial charge in [-0.15, -0.1) is 0 Å². The van der Waals surface area contributed by atoms with Crippen LogP contribution in [0.15, 0.2) is 72.5 Å². The van der Waals surface area contributed by atoms with Gasteiger partial charge in [-0.05, 0) is 35.9 Å². The molecular formula is C28H25NO8. The third kappa shape index (κ3) is 6.07. The maximum Gasteiger partial charge on any atom is 0.326 e. The summed E-state index contributed by atoms with van der Waals surface area (Å²) in [4.78, 5) is 36.8. The lowest BCUT2D eigenvalue weighted by molar-refractivity contribution is -0.142. The van der Waals surface area contributed by atoms with Crippen molar-refractivity contribution in [2.75, 3.05) is 20.8 Å². The molecule has 37 heavy (non-hydrogen) atoms. The molecule has 0 saturated carbocycles. The monoisotopic (exact) mass is 503 g/mol. The van der Waals surface area contributed by atoms with Gasteiger partial charge < -0.3 is 29.4 Å². The fourth-order valence-electron chi connectivity index (χ4n) is 3.77. The van der Waals surface area contributed by atoms with Crippen molar-refractivity contribution in [3.05, 3.63) is 89.2 Å². The van der Waals surface area contributed by atoms with Crippen molar-refractivity contribution in [3.63, 3.8) is 0 Å². The van der Waals surface area contributed by atoms with Gasteiger partial charge in [0, 0.05) is 24.1 Å². The van der Waals surface area contributed by atoms with Gasteiger partial charge in [0.25, 0.3) is 5.91 Å². The summed E-state index contributed by atoms with van der Waals surface area (Å²) in [5.74, 6) is -0.222. The smallest absolute Gasteiger partial charge is 0.326 e. The number of carbonyl (C=O) groups is 3. The Bertz CT molecular complexity index is 1350. The van der Waals surface area contributed by atoms with Crippen molar-refractivity contribution in [1.29, 1.82) is 0 Å². The summed E-state index contributed by atoms with van der Waals surface area (Å²) in [6.07, 6.45) is 1.72. The predicted molar refractivity (Wildman–Crippen MR) is 134 cm³/mol. The Kier molecular flexibility index (Phi) is 7.73. The normalized spacial score (nSPS) is 13.9. The van der Waals surface area contributed by atoms with E-state index in [1.165, 1.54) is 13.2 Å².